The van der Waals surface area contributed by atoms with Crippen molar-refractivity contribution < 1.29 is 0 Å². The minimum absolute atomic E-state index is 0.753. The van der Waals surface area contributed by atoms with E-state index in [1.807, 2.05) is 18.8 Å². The number of hydrogen-bond acceptors (Lipinski definition) is 2. The number of piperidine rings is 1. The van der Waals surface area contributed by atoms with Gasteiger partial charge in [-0.05, 0) is 31.6 Å². The van der Waals surface area contributed by atoms with Crippen molar-refractivity contribution in [3.63, 3.8) is 0 Å². The van der Waals surface area contributed by atoms with Gasteiger partial charge in [0.15, 0.2) is 5.96 Å². The molecule has 0 saturated carbocycles. The molecule has 0 radical (unpaired) electrons. The van der Waals surface area contributed by atoms with Crippen LogP contribution in [-0.2, 0) is 26.4 Å². The van der Waals surface area contributed by atoms with Crippen LogP contribution >= 0.6 is 0 Å². The van der Waals surface area contributed by atoms with Crippen LogP contribution in [0.3, 0.4) is 0 Å². The molecule has 1 N–H and O–H groups in total. The summed E-state index contributed by atoms with van der Waals surface area (Å²) in [4.78, 5) is 6.87. The largest absolute Gasteiger partial charge is 0.352 e. The summed E-state index contributed by atoms with van der Waals surface area (Å²) in [7, 11) is 3.93. The van der Waals surface area contributed by atoms with E-state index in [4.69, 9.17) is 0 Å². The molecule has 0 aromatic carbocycles. The van der Waals surface area contributed by atoms with E-state index in [9.17, 15) is 0 Å². The minimum atomic E-state index is 0.753. The number of nitrogens with one attached hydrogen (secondary N) is 1. The first-order valence-corrected chi connectivity index (χ1v) is 8.59. The molecule has 2 rings (SSSR count). The van der Waals surface area contributed by atoms with Gasteiger partial charge in [-0.15, -0.1) is 0 Å². The number of aromatic nitrogens is 2. The van der Waals surface area contributed by atoms with E-state index in [1.165, 1.54) is 29.8 Å². The fraction of sp³-hybridized carbons (Fsp3) is 0.765. The smallest absolute Gasteiger partial charge is 0.193 e. The fourth-order valence-corrected chi connectivity index (χ4v) is 3.48. The van der Waals surface area contributed by atoms with Gasteiger partial charge < -0.3 is 10.2 Å². The second kappa shape index (κ2) is 7.65. The Hall–Kier alpha value is -1.52. The third kappa shape index (κ3) is 3.62. The average molecular weight is 305 g/mol. The van der Waals surface area contributed by atoms with E-state index in [0.717, 1.165) is 44.4 Å². The van der Waals surface area contributed by atoms with Crippen molar-refractivity contribution in [1.82, 2.24) is 20.0 Å². The maximum atomic E-state index is 4.65. The summed E-state index contributed by atoms with van der Waals surface area (Å²) in [6.07, 6.45) is 4.58. The fourth-order valence-electron chi connectivity index (χ4n) is 3.48. The third-order valence-corrected chi connectivity index (χ3v) is 4.62. The first-order chi connectivity index (χ1) is 10.6. The Morgan fingerprint density at radius 3 is 2.73 bits per heavy atom. The van der Waals surface area contributed by atoms with E-state index >= 15 is 0 Å². The zero-order valence-corrected chi connectivity index (χ0v) is 14.8. The van der Waals surface area contributed by atoms with E-state index < -0.39 is 0 Å². The van der Waals surface area contributed by atoms with Gasteiger partial charge in [-0.3, -0.25) is 9.67 Å². The van der Waals surface area contributed by atoms with Gasteiger partial charge in [-0.2, -0.15) is 5.10 Å². The molecule has 5 nitrogen and oxygen atoms in total. The van der Waals surface area contributed by atoms with Crippen molar-refractivity contribution in [1.29, 1.82) is 0 Å². The van der Waals surface area contributed by atoms with Crippen LogP contribution in [0.2, 0.25) is 0 Å². The number of aliphatic imine (C=N–C) groups is 1. The molecule has 5 heteroatoms. The normalized spacial score (nSPS) is 19.6. The van der Waals surface area contributed by atoms with Gasteiger partial charge >= 0.3 is 0 Å². The molecule has 1 atom stereocenters. The minimum Gasteiger partial charge on any atom is -0.352 e. The summed E-state index contributed by atoms with van der Waals surface area (Å²) in [5.74, 6) is 1.78. The Labute approximate surface area is 134 Å². The van der Waals surface area contributed by atoms with Crippen molar-refractivity contribution in [2.45, 2.75) is 53.0 Å². The van der Waals surface area contributed by atoms with Crippen molar-refractivity contribution in [3.8, 4) is 0 Å². The maximum Gasteiger partial charge on any atom is 0.193 e. The molecular formula is C17H31N5. The lowest BCUT2D eigenvalue weighted by Crippen LogP contribution is -2.46. The third-order valence-electron chi connectivity index (χ3n) is 4.62. The summed E-state index contributed by atoms with van der Waals surface area (Å²) >= 11 is 0. The molecular weight excluding hydrogens is 274 g/mol. The lowest BCUT2D eigenvalue weighted by molar-refractivity contribution is 0.266. The van der Waals surface area contributed by atoms with Gasteiger partial charge in [0.1, 0.15) is 0 Å². The van der Waals surface area contributed by atoms with E-state index in [1.54, 1.807) is 0 Å². The topological polar surface area (TPSA) is 45.5 Å². The predicted octanol–water partition coefficient (Wildman–Crippen LogP) is 2.35. The molecule has 0 spiro atoms. The zero-order chi connectivity index (χ0) is 16.1. The standard InChI is InChI=1S/C17H31N5/c1-6-15-14(16(7-2)21(5)20-15)11-19-17(18-4)22-10-8-9-13(3)12-22/h13H,6-12H2,1-5H3,(H,18,19). The number of hydrogen-bond donors (Lipinski definition) is 1. The van der Waals surface area contributed by atoms with E-state index in [0.29, 0.717) is 0 Å². The number of nitrogens with zero attached hydrogens (tertiary/aromatic N) is 4. The second-order valence-corrected chi connectivity index (χ2v) is 6.30. The Bertz CT molecular complexity index is 517. The van der Waals surface area contributed by atoms with Gasteiger partial charge in [0.25, 0.3) is 0 Å². The summed E-state index contributed by atoms with van der Waals surface area (Å²) in [5, 5.41) is 8.21. The first-order valence-electron chi connectivity index (χ1n) is 8.59. The quantitative estimate of drug-likeness (QED) is 0.686. The summed E-state index contributed by atoms with van der Waals surface area (Å²) < 4.78 is 2.03. The lowest BCUT2D eigenvalue weighted by Gasteiger charge is -2.33. The monoisotopic (exact) mass is 305 g/mol. The SMILES string of the molecule is CCc1nn(C)c(CC)c1CNC(=NC)N1CCCC(C)C1. The Kier molecular flexibility index (Phi) is 5.86. The molecule has 22 heavy (non-hydrogen) atoms. The zero-order valence-electron chi connectivity index (χ0n) is 14.8. The summed E-state index contributed by atoms with van der Waals surface area (Å²) in [6.45, 7) is 9.72. The summed E-state index contributed by atoms with van der Waals surface area (Å²) in [5.41, 5.74) is 3.87. The molecule has 0 amide bonds. The molecule has 1 aliphatic heterocycles. The van der Waals surface area contributed by atoms with Crippen LogP contribution in [0.15, 0.2) is 4.99 Å². The molecule has 124 valence electrons. The van der Waals surface area contributed by atoms with Gasteiger partial charge in [-0.1, -0.05) is 20.8 Å². The lowest BCUT2D eigenvalue weighted by atomic mass is 10.0. The van der Waals surface area contributed by atoms with Crippen molar-refractivity contribution in [2.75, 3.05) is 20.1 Å². The van der Waals surface area contributed by atoms with Crippen LogP contribution in [-0.4, -0.2) is 40.8 Å². The molecule has 1 fully saturated rings. The Balaban J connectivity index is 2.08. The molecule has 1 aromatic heterocycles. The van der Waals surface area contributed by atoms with E-state index in [2.05, 4.69) is 41.1 Å². The maximum absolute atomic E-state index is 4.65. The van der Waals surface area contributed by atoms with E-state index in [-0.39, 0.29) is 0 Å². The number of guanidine groups is 1. The van der Waals surface area contributed by atoms with Gasteiger partial charge in [0.05, 0.1) is 5.69 Å². The highest BCUT2D eigenvalue weighted by Gasteiger charge is 2.20. The van der Waals surface area contributed by atoms with Crippen LogP contribution in [0.25, 0.3) is 0 Å². The van der Waals surface area contributed by atoms with Crippen LogP contribution in [0, 0.1) is 5.92 Å². The number of likely N-dealkylation sites (tertiary alicyclic amines) is 1. The molecule has 1 aliphatic rings. The molecule has 1 unspecified atom stereocenters. The Morgan fingerprint density at radius 1 is 1.36 bits per heavy atom. The number of aryl methyl sites for hydroxylation is 2. The van der Waals surface area contributed by atoms with Crippen molar-refractivity contribution in [2.24, 2.45) is 18.0 Å². The van der Waals surface area contributed by atoms with Gasteiger partial charge in [0, 0.05) is 45.0 Å². The van der Waals surface area contributed by atoms with Crippen LogP contribution in [0.5, 0.6) is 0 Å². The number of rotatable bonds is 4. The highest BCUT2D eigenvalue weighted by molar-refractivity contribution is 5.80. The molecule has 1 saturated heterocycles. The Morgan fingerprint density at radius 2 is 2.14 bits per heavy atom. The summed E-state index contributed by atoms with van der Waals surface area (Å²) in [6, 6.07) is 0. The second-order valence-electron chi connectivity index (χ2n) is 6.30. The first kappa shape index (κ1) is 16.8. The van der Waals surface area contributed by atoms with Crippen LogP contribution < -0.4 is 5.32 Å². The van der Waals surface area contributed by atoms with Gasteiger partial charge in [-0.25, -0.2) is 0 Å². The van der Waals surface area contributed by atoms with Gasteiger partial charge in [0.2, 0.25) is 0 Å². The molecule has 1 aromatic rings. The molecule has 2 heterocycles. The highest BCUT2D eigenvalue weighted by atomic mass is 15.3. The van der Waals surface area contributed by atoms with Crippen LogP contribution in [0.4, 0.5) is 0 Å². The molecule has 0 aliphatic carbocycles. The molecule has 0 bridgehead atoms. The average Bonchev–Trinajstić information content (AvgIpc) is 2.83. The van der Waals surface area contributed by atoms with Crippen molar-refractivity contribution >= 4 is 5.96 Å². The highest BCUT2D eigenvalue weighted by Crippen LogP contribution is 2.17. The van der Waals surface area contributed by atoms with Crippen molar-refractivity contribution in [3.05, 3.63) is 17.0 Å². The predicted molar refractivity (Wildman–Crippen MR) is 92.1 cm³/mol. The van der Waals surface area contributed by atoms with Crippen LogP contribution in [0.1, 0.15) is 50.6 Å².